The smallest absolute Gasteiger partial charge is 0.141 e. The fourth-order valence-corrected chi connectivity index (χ4v) is 2.15. The van der Waals surface area contributed by atoms with Crippen molar-refractivity contribution in [2.75, 3.05) is 13.1 Å². The first-order valence-corrected chi connectivity index (χ1v) is 5.55. The van der Waals surface area contributed by atoms with Gasteiger partial charge in [-0.2, -0.15) is 0 Å². The molecule has 1 aliphatic rings. The van der Waals surface area contributed by atoms with Crippen LogP contribution in [0.15, 0.2) is 18.5 Å². The Morgan fingerprint density at radius 1 is 1.56 bits per heavy atom. The molecule has 1 aromatic heterocycles. The molecule has 1 fully saturated rings. The Balaban J connectivity index is 1.96. The van der Waals surface area contributed by atoms with Gasteiger partial charge in [-0.25, -0.2) is 4.39 Å². The molecule has 0 N–H and O–H groups in total. The maximum absolute atomic E-state index is 12.9. The van der Waals surface area contributed by atoms with Crippen LogP contribution in [0.4, 0.5) is 4.39 Å². The molecule has 86 valence electrons. The molecule has 4 heteroatoms. The van der Waals surface area contributed by atoms with Crippen molar-refractivity contribution in [3.63, 3.8) is 0 Å². The van der Waals surface area contributed by atoms with Crippen LogP contribution in [-0.4, -0.2) is 29.3 Å². The standard InChI is InChI=1S/C12H15FN2O/c13-12-4-11(5-14-6-12)8-15-3-1-2-10(7-15)9-16/h4-6,9-10H,1-3,7-8H2. The lowest BCUT2D eigenvalue weighted by atomic mass is 9.99. The van der Waals surface area contributed by atoms with Gasteiger partial charge in [-0.3, -0.25) is 9.88 Å². The van der Waals surface area contributed by atoms with Crippen LogP contribution in [0.1, 0.15) is 18.4 Å². The summed E-state index contributed by atoms with van der Waals surface area (Å²) in [7, 11) is 0. The molecule has 1 saturated heterocycles. The molecular formula is C12H15FN2O. The van der Waals surface area contributed by atoms with Gasteiger partial charge >= 0.3 is 0 Å². The summed E-state index contributed by atoms with van der Waals surface area (Å²) < 4.78 is 12.9. The summed E-state index contributed by atoms with van der Waals surface area (Å²) in [5.74, 6) is -0.170. The first-order chi connectivity index (χ1) is 7.78. The van der Waals surface area contributed by atoms with E-state index in [0.717, 1.165) is 37.8 Å². The van der Waals surface area contributed by atoms with Gasteiger partial charge in [-0.05, 0) is 31.0 Å². The maximum atomic E-state index is 12.9. The van der Waals surface area contributed by atoms with E-state index >= 15 is 0 Å². The summed E-state index contributed by atoms with van der Waals surface area (Å²) in [6.45, 7) is 2.43. The highest BCUT2D eigenvalue weighted by Crippen LogP contribution is 2.16. The molecule has 0 aromatic carbocycles. The average molecular weight is 222 g/mol. The second kappa shape index (κ2) is 5.16. The lowest BCUT2D eigenvalue weighted by Crippen LogP contribution is -2.35. The van der Waals surface area contributed by atoms with E-state index in [1.165, 1.54) is 12.3 Å². The first kappa shape index (κ1) is 11.2. The van der Waals surface area contributed by atoms with Crippen molar-refractivity contribution in [3.8, 4) is 0 Å². The molecule has 1 unspecified atom stereocenters. The predicted octanol–water partition coefficient (Wildman–Crippen LogP) is 1.63. The normalized spacial score (nSPS) is 21.9. The summed E-state index contributed by atoms with van der Waals surface area (Å²) in [6.07, 6.45) is 5.91. The fraction of sp³-hybridized carbons (Fsp3) is 0.500. The van der Waals surface area contributed by atoms with Crippen molar-refractivity contribution in [1.82, 2.24) is 9.88 Å². The van der Waals surface area contributed by atoms with Gasteiger partial charge in [0.1, 0.15) is 12.1 Å². The number of piperidine rings is 1. The highest BCUT2D eigenvalue weighted by Gasteiger charge is 2.19. The fourth-order valence-electron chi connectivity index (χ4n) is 2.15. The van der Waals surface area contributed by atoms with E-state index in [0.29, 0.717) is 6.54 Å². The number of aldehydes is 1. The van der Waals surface area contributed by atoms with Crippen LogP contribution in [-0.2, 0) is 11.3 Å². The van der Waals surface area contributed by atoms with Gasteiger partial charge in [0.25, 0.3) is 0 Å². The van der Waals surface area contributed by atoms with Crippen LogP contribution < -0.4 is 0 Å². The third-order valence-electron chi connectivity index (χ3n) is 2.90. The SMILES string of the molecule is O=CC1CCCN(Cc2cncc(F)c2)C1. The van der Waals surface area contributed by atoms with E-state index in [1.807, 2.05) is 0 Å². The van der Waals surface area contributed by atoms with Crippen molar-refractivity contribution in [2.45, 2.75) is 19.4 Å². The molecule has 0 saturated carbocycles. The van der Waals surface area contributed by atoms with Crippen molar-refractivity contribution in [3.05, 3.63) is 29.8 Å². The van der Waals surface area contributed by atoms with E-state index in [-0.39, 0.29) is 11.7 Å². The molecule has 2 heterocycles. The minimum absolute atomic E-state index is 0.135. The monoisotopic (exact) mass is 222 g/mol. The molecule has 3 nitrogen and oxygen atoms in total. The molecule has 1 aromatic rings. The summed E-state index contributed by atoms with van der Waals surface area (Å²) in [6, 6.07) is 1.50. The Morgan fingerprint density at radius 3 is 3.19 bits per heavy atom. The summed E-state index contributed by atoms with van der Waals surface area (Å²) in [5, 5.41) is 0. The Bertz CT molecular complexity index is 370. The van der Waals surface area contributed by atoms with Crippen molar-refractivity contribution < 1.29 is 9.18 Å². The minimum atomic E-state index is -0.304. The van der Waals surface area contributed by atoms with Crippen LogP contribution in [0.2, 0.25) is 0 Å². The Kier molecular flexibility index (Phi) is 3.62. The van der Waals surface area contributed by atoms with E-state index in [4.69, 9.17) is 0 Å². The molecule has 0 aliphatic carbocycles. The summed E-state index contributed by atoms with van der Waals surface area (Å²) >= 11 is 0. The second-order valence-corrected chi connectivity index (χ2v) is 4.28. The van der Waals surface area contributed by atoms with Gasteiger partial charge in [-0.1, -0.05) is 0 Å². The number of carbonyl (C=O) groups is 1. The lowest BCUT2D eigenvalue weighted by Gasteiger charge is -2.29. The maximum Gasteiger partial charge on any atom is 0.141 e. The number of aromatic nitrogens is 1. The topological polar surface area (TPSA) is 33.2 Å². The molecule has 0 radical (unpaired) electrons. The molecule has 0 amide bonds. The Morgan fingerprint density at radius 2 is 2.44 bits per heavy atom. The van der Waals surface area contributed by atoms with E-state index < -0.39 is 0 Å². The Hall–Kier alpha value is -1.29. The third kappa shape index (κ3) is 2.85. The second-order valence-electron chi connectivity index (χ2n) is 4.28. The summed E-state index contributed by atoms with van der Waals surface area (Å²) in [4.78, 5) is 16.7. The Labute approximate surface area is 94.3 Å². The number of pyridine rings is 1. The van der Waals surface area contributed by atoms with Crippen LogP contribution >= 0.6 is 0 Å². The predicted molar refractivity (Wildman–Crippen MR) is 58.3 cm³/mol. The van der Waals surface area contributed by atoms with Crippen LogP contribution in [0.25, 0.3) is 0 Å². The number of carbonyl (C=O) groups excluding carboxylic acids is 1. The number of hydrogen-bond donors (Lipinski definition) is 0. The summed E-state index contributed by atoms with van der Waals surface area (Å²) in [5.41, 5.74) is 0.867. The number of rotatable bonds is 3. The van der Waals surface area contributed by atoms with Gasteiger partial charge in [0.2, 0.25) is 0 Å². The highest BCUT2D eigenvalue weighted by molar-refractivity contribution is 5.53. The van der Waals surface area contributed by atoms with E-state index in [1.54, 1.807) is 6.20 Å². The van der Waals surface area contributed by atoms with Crippen molar-refractivity contribution in [2.24, 2.45) is 5.92 Å². The number of hydrogen-bond acceptors (Lipinski definition) is 3. The van der Waals surface area contributed by atoms with Crippen LogP contribution in [0, 0.1) is 11.7 Å². The van der Waals surface area contributed by atoms with Crippen LogP contribution in [0.5, 0.6) is 0 Å². The van der Waals surface area contributed by atoms with Crippen LogP contribution in [0.3, 0.4) is 0 Å². The minimum Gasteiger partial charge on any atom is -0.303 e. The highest BCUT2D eigenvalue weighted by atomic mass is 19.1. The first-order valence-electron chi connectivity index (χ1n) is 5.55. The molecule has 2 rings (SSSR count). The molecule has 0 spiro atoms. The lowest BCUT2D eigenvalue weighted by molar-refractivity contribution is -0.112. The van der Waals surface area contributed by atoms with Gasteiger partial charge in [0.05, 0.1) is 6.20 Å². The zero-order valence-corrected chi connectivity index (χ0v) is 9.10. The van der Waals surface area contributed by atoms with E-state index in [9.17, 15) is 9.18 Å². The molecular weight excluding hydrogens is 207 g/mol. The number of likely N-dealkylation sites (tertiary alicyclic amines) is 1. The van der Waals surface area contributed by atoms with Gasteiger partial charge < -0.3 is 4.79 Å². The third-order valence-corrected chi connectivity index (χ3v) is 2.90. The van der Waals surface area contributed by atoms with E-state index in [2.05, 4.69) is 9.88 Å². The zero-order valence-electron chi connectivity index (χ0n) is 9.10. The average Bonchev–Trinajstić information content (AvgIpc) is 2.29. The zero-order chi connectivity index (χ0) is 11.4. The van der Waals surface area contributed by atoms with Crippen molar-refractivity contribution in [1.29, 1.82) is 0 Å². The molecule has 0 bridgehead atoms. The number of halogens is 1. The molecule has 1 atom stereocenters. The van der Waals surface area contributed by atoms with Crippen molar-refractivity contribution >= 4 is 6.29 Å². The number of nitrogens with zero attached hydrogens (tertiary/aromatic N) is 2. The van der Waals surface area contributed by atoms with Gasteiger partial charge in [-0.15, -0.1) is 0 Å². The largest absolute Gasteiger partial charge is 0.303 e. The van der Waals surface area contributed by atoms with Gasteiger partial charge in [0.15, 0.2) is 0 Å². The molecule has 1 aliphatic heterocycles. The molecule has 16 heavy (non-hydrogen) atoms. The quantitative estimate of drug-likeness (QED) is 0.729. The van der Waals surface area contributed by atoms with Gasteiger partial charge in [0, 0.05) is 25.2 Å².